The topological polar surface area (TPSA) is 35.2 Å². The van der Waals surface area contributed by atoms with Gasteiger partial charge in [-0.1, -0.05) is 6.42 Å². The van der Waals surface area contributed by atoms with Gasteiger partial charge in [0.05, 0.1) is 12.2 Å². The van der Waals surface area contributed by atoms with Crippen molar-refractivity contribution in [1.29, 1.82) is 0 Å². The van der Waals surface area contributed by atoms with E-state index in [9.17, 15) is 0 Å². The number of fused-ring (bicyclic) bond motifs is 1. The van der Waals surface area contributed by atoms with Crippen LogP contribution in [0.3, 0.4) is 0 Å². The van der Waals surface area contributed by atoms with Crippen LogP contribution in [0, 0.1) is 11.8 Å². The average Bonchev–Trinajstić information content (AvgIpc) is 2.44. The van der Waals surface area contributed by atoms with Gasteiger partial charge in [0, 0.05) is 0 Å². The molecule has 0 unspecified atom stereocenters. The van der Waals surface area contributed by atoms with E-state index in [0.29, 0.717) is 12.2 Å². The highest BCUT2D eigenvalue weighted by Gasteiger charge is 2.39. The smallest absolute Gasteiger partial charge is 0.0611 e. The zero-order valence-corrected chi connectivity index (χ0v) is 7.83. The number of ether oxygens (including phenoxy) is 1. The Morgan fingerprint density at radius 2 is 2.25 bits per heavy atom. The van der Waals surface area contributed by atoms with E-state index in [-0.39, 0.29) is 0 Å². The lowest BCUT2D eigenvalue weighted by Crippen LogP contribution is -2.33. The molecule has 2 nitrogen and oxygen atoms in total. The van der Waals surface area contributed by atoms with E-state index in [1.165, 1.54) is 25.7 Å². The zero-order chi connectivity index (χ0) is 8.55. The monoisotopic (exact) mass is 169 g/mol. The second kappa shape index (κ2) is 3.35. The van der Waals surface area contributed by atoms with E-state index in [2.05, 4.69) is 6.92 Å². The fraction of sp³-hybridized carbons (Fsp3) is 1.00. The van der Waals surface area contributed by atoms with Crippen molar-refractivity contribution in [3.05, 3.63) is 0 Å². The summed E-state index contributed by atoms with van der Waals surface area (Å²) in [6.07, 6.45) is 6.18. The minimum absolute atomic E-state index is 0.479. The molecule has 1 saturated heterocycles. The lowest BCUT2D eigenvalue weighted by atomic mass is 9.76. The molecule has 2 heteroatoms. The Kier molecular flexibility index (Phi) is 2.37. The molecule has 4 atom stereocenters. The van der Waals surface area contributed by atoms with E-state index in [1.807, 2.05) is 0 Å². The Morgan fingerprint density at radius 3 is 3.00 bits per heavy atom. The van der Waals surface area contributed by atoms with Gasteiger partial charge in [-0.25, -0.2) is 0 Å². The molecule has 2 rings (SSSR count). The van der Waals surface area contributed by atoms with Gasteiger partial charge in [0.25, 0.3) is 0 Å². The first-order valence-corrected chi connectivity index (χ1v) is 5.16. The van der Waals surface area contributed by atoms with Gasteiger partial charge in [0.15, 0.2) is 0 Å². The fourth-order valence-corrected chi connectivity index (χ4v) is 2.86. The van der Waals surface area contributed by atoms with E-state index >= 15 is 0 Å². The third-order valence-electron chi connectivity index (χ3n) is 3.46. The van der Waals surface area contributed by atoms with Crippen molar-refractivity contribution in [2.45, 2.75) is 44.8 Å². The van der Waals surface area contributed by atoms with E-state index in [0.717, 1.165) is 18.4 Å². The largest absolute Gasteiger partial charge is 0.375 e. The Balaban J connectivity index is 2.02. The average molecular weight is 169 g/mol. The van der Waals surface area contributed by atoms with E-state index in [1.54, 1.807) is 0 Å². The number of hydrogen-bond donors (Lipinski definition) is 1. The maximum Gasteiger partial charge on any atom is 0.0611 e. The number of nitrogens with two attached hydrogens (primary N) is 1. The molecule has 0 radical (unpaired) electrons. The molecule has 0 amide bonds. The van der Waals surface area contributed by atoms with Gasteiger partial charge in [-0.05, 0) is 44.6 Å². The summed E-state index contributed by atoms with van der Waals surface area (Å²) in [5.74, 6) is 1.52. The molecule has 0 aromatic heterocycles. The van der Waals surface area contributed by atoms with Crippen LogP contribution in [0.5, 0.6) is 0 Å². The van der Waals surface area contributed by atoms with Gasteiger partial charge in [0.1, 0.15) is 0 Å². The van der Waals surface area contributed by atoms with Crippen LogP contribution in [-0.2, 0) is 4.74 Å². The highest BCUT2D eigenvalue weighted by atomic mass is 16.5. The molecule has 2 N–H and O–H groups in total. The lowest BCUT2D eigenvalue weighted by Gasteiger charge is -2.31. The standard InChI is InChI=1S/C10H19NO/c1-7-5-9-8(6-11)3-2-4-10(9)12-7/h7-10H,2-6,11H2,1H3/t7-,8-,9-,10-/m1/s1. The van der Waals surface area contributed by atoms with Gasteiger partial charge in [-0.15, -0.1) is 0 Å². The highest BCUT2D eigenvalue weighted by molar-refractivity contribution is 4.89. The van der Waals surface area contributed by atoms with Crippen molar-refractivity contribution in [2.75, 3.05) is 6.54 Å². The summed E-state index contributed by atoms with van der Waals surface area (Å²) >= 11 is 0. The second-order valence-electron chi connectivity index (χ2n) is 4.31. The third-order valence-corrected chi connectivity index (χ3v) is 3.46. The predicted octanol–water partition coefficient (Wildman–Crippen LogP) is 1.54. The zero-order valence-electron chi connectivity index (χ0n) is 7.83. The molecule has 0 bridgehead atoms. The van der Waals surface area contributed by atoms with E-state index < -0.39 is 0 Å². The van der Waals surface area contributed by atoms with Crippen molar-refractivity contribution in [3.8, 4) is 0 Å². The Bertz CT molecular complexity index is 154. The first kappa shape index (κ1) is 8.52. The molecule has 0 aromatic carbocycles. The predicted molar refractivity (Wildman–Crippen MR) is 48.8 cm³/mol. The Hall–Kier alpha value is -0.0800. The summed E-state index contributed by atoms with van der Waals surface area (Å²) in [7, 11) is 0. The summed E-state index contributed by atoms with van der Waals surface area (Å²) in [5.41, 5.74) is 5.75. The molecule has 1 saturated carbocycles. The van der Waals surface area contributed by atoms with Crippen LogP contribution in [0.1, 0.15) is 32.6 Å². The van der Waals surface area contributed by atoms with Crippen LogP contribution in [-0.4, -0.2) is 18.8 Å². The Morgan fingerprint density at radius 1 is 1.42 bits per heavy atom. The second-order valence-corrected chi connectivity index (χ2v) is 4.31. The van der Waals surface area contributed by atoms with Crippen molar-refractivity contribution < 1.29 is 4.74 Å². The lowest BCUT2D eigenvalue weighted by molar-refractivity contribution is 0.0143. The minimum Gasteiger partial charge on any atom is -0.375 e. The maximum atomic E-state index is 5.84. The minimum atomic E-state index is 0.479. The van der Waals surface area contributed by atoms with Crippen molar-refractivity contribution >= 4 is 0 Å². The summed E-state index contributed by atoms with van der Waals surface area (Å²) in [5, 5.41) is 0. The summed E-state index contributed by atoms with van der Waals surface area (Å²) < 4.78 is 5.84. The van der Waals surface area contributed by atoms with Crippen molar-refractivity contribution in [1.82, 2.24) is 0 Å². The molecular formula is C10H19NO. The molecule has 2 aliphatic rings. The fourth-order valence-electron chi connectivity index (χ4n) is 2.86. The molecule has 2 fully saturated rings. The van der Waals surface area contributed by atoms with Crippen molar-refractivity contribution in [3.63, 3.8) is 0 Å². The van der Waals surface area contributed by atoms with E-state index in [4.69, 9.17) is 10.5 Å². The van der Waals surface area contributed by atoms with Gasteiger partial charge < -0.3 is 10.5 Å². The summed E-state index contributed by atoms with van der Waals surface area (Å²) in [6, 6.07) is 0. The highest BCUT2D eigenvalue weighted by Crippen LogP contribution is 2.40. The van der Waals surface area contributed by atoms with Crippen LogP contribution in [0.4, 0.5) is 0 Å². The van der Waals surface area contributed by atoms with Crippen LogP contribution in [0.2, 0.25) is 0 Å². The van der Waals surface area contributed by atoms with Gasteiger partial charge in [-0.3, -0.25) is 0 Å². The molecule has 70 valence electrons. The third kappa shape index (κ3) is 1.38. The maximum absolute atomic E-state index is 5.84. The molecule has 1 aliphatic carbocycles. The molecule has 0 spiro atoms. The van der Waals surface area contributed by atoms with Crippen molar-refractivity contribution in [2.24, 2.45) is 17.6 Å². The van der Waals surface area contributed by atoms with Crippen LogP contribution < -0.4 is 5.73 Å². The normalized spacial score (nSPS) is 47.5. The van der Waals surface area contributed by atoms with Gasteiger partial charge >= 0.3 is 0 Å². The van der Waals surface area contributed by atoms with Gasteiger partial charge in [-0.2, -0.15) is 0 Å². The van der Waals surface area contributed by atoms with Gasteiger partial charge in [0.2, 0.25) is 0 Å². The number of hydrogen-bond acceptors (Lipinski definition) is 2. The first-order valence-electron chi connectivity index (χ1n) is 5.16. The molecule has 1 aliphatic heterocycles. The molecule has 0 aromatic rings. The molecule has 12 heavy (non-hydrogen) atoms. The summed E-state index contributed by atoms with van der Waals surface area (Å²) in [6.45, 7) is 3.04. The number of rotatable bonds is 1. The van der Waals surface area contributed by atoms with Crippen LogP contribution in [0.25, 0.3) is 0 Å². The van der Waals surface area contributed by atoms with Crippen LogP contribution >= 0.6 is 0 Å². The molecular weight excluding hydrogens is 150 g/mol. The summed E-state index contributed by atoms with van der Waals surface area (Å²) in [4.78, 5) is 0. The Labute approximate surface area is 74.5 Å². The SMILES string of the molecule is C[C@@H]1C[C@@H]2[C@@H](CN)CCC[C@H]2O1. The quantitative estimate of drug-likeness (QED) is 0.646. The molecule has 1 heterocycles. The van der Waals surface area contributed by atoms with Crippen LogP contribution in [0.15, 0.2) is 0 Å². The first-order chi connectivity index (χ1) is 5.81.